The van der Waals surface area contributed by atoms with E-state index in [4.69, 9.17) is 5.73 Å². The van der Waals surface area contributed by atoms with Crippen molar-refractivity contribution < 1.29 is 0 Å². The summed E-state index contributed by atoms with van der Waals surface area (Å²) in [5.74, 6) is 0.958. The van der Waals surface area contributed by atoms with E-state index in [9.17, 15) is 0 Å². The molecule has 1 aromatic carbocycles. The van der Waals surface area contributed by atoms with E-state index in [-0.39, 0.29) is 5.41 Å². The second-order valence-electron chi connectivity index (χ2n) is 4.86. The van der Waals surface area contributed by atoms with Crippen LogP contribution < -0.4 is 5.73 Å². The van der Waals surface area contributed by atoms with Crippen LogP contribution in [0.3, 0.4) is 0 Å². The third kappa shape index (κ3) is 1.91. The van der Waals surface area contributed by atoms with E-state index in [1.807, 2.05) is 18.3 Å². The lowest BCUT2D eigenvalue weighted by atomic mass is 9.95. The van der Waals surface area contributed by atoms with Crippen molar-refractivity contribution in [2.24, 2.45) is 5.73 Å². The quantitative estimate of drug-likeness (QED) is 0.888. The highest BCUT2D eigenvalue weighted by atomic mass is 14.9. The fraction of sp³-hybridized carbons (Fsp3) is 0.333. The molecule has 2 N–H and O–H groups in total. The molecular weight excluding hydrogens is 222 g/mol. The average Bonchev–Trinajstić information content (AvgIpc) is 3.22. The van der Waals surface area contributed by atoms with Crippen LogP contribution in [0.4, 0.5) is 0 Å². The molecular formula is C15H17N3. The molecule has 1 aromatic heterocycles. The van der Waals surface area contributed by atoms with Crippen LogP contribution in [0, 0.1) is 0 Å². The van der Waals surface area contributed by atoms with Crippen LogP contribution in [-0.2, 0) is 11.8 Å². The number of hydrogen-bond acceptors (Lipinski definition) is 3. The zero-order chi connectivity index (χ0) is 12.4. The summed E-state index contributed by atoms with van der Waals surface area (Å²) < 4.78 is 0. The molecule has 0 unspecified atom stereocenters. The molecule has 1 fully saturated rings. The predicted octanol–water partition coefficient (Wildman–Crippen LogP) is 2.06. The molecule has 92 valence electrons. The SMILES string of the molecule is NCCc1ccnc(C2(c3ccccc3)CC2)n1. The van der Waals surface area contributed by atoms with E-state index in [2.05, 4.69) is 34.2 Å². The second-order valence-corrected chi connectivity index (χ2v) is 4.86. The van der Waals surface area contributed by atoms with Crippen molar-refractivity contribution >= 4 is 0 Å². The highest BCUT2D eigenvalue weighted by molar-refractivity contribution is 5.39. The first-order valence-corrected chi connectivity index (χ1v) is 6.43. The maximum absolute atomic E-state index is 5.59. The Kier molecular flexibility index (Phi) is 2.84. The van der Waals surface area contributed by atoms with Gasteiger partial charge in [0.1, 0.15) is 5.82 Å². The Balaban J connectivity index is 1.97. The van der Waals surface area contributed by atoms with Gasteiger partial charge in [0.2, 0.25) is 0 Å². The van der Waals surface area contributed by atoms with E-state index in [0.717, 1.165) is 30.8 Å². The number of nitrogens with two attached hydrogens (primary N) is 1. The Morgan fingerprint density at radius 2 is 1.89 bits per heavy atom. The smallest absolute Gasteiger partial charge is 0.139 e. The van der Waals surface area contributed by atoms with Crippen molar-refractivity contribution in [2.45, 2.75) is 24.7 Å². The second kappa shape index (κ2) is 4.50. The van der Waals surface area contributed by atoms with Gasteiger partial charge in [-0.1, -0.05) is 30.3 Å². The normalized spacial score (nSPS) is 16.5. The van der Waals surface area contributed by atoms with Crippen LogP contribution in [0.15, 0.2) is 42.6 Å². The van der Waals surface area contributed by atoms with Crippen LogP contribution in [0.5, 0.6) is 0 Å². The first-order valence-electron chi connectivity index (χ1n) is 6.43. The lowest BCUT2D eigenvalue weighted by molar-refractivity contribution is 0.735. The summed E-state index contributed by atoms with van der Waals surface area (Å²) in [7, 11) is 0. The summed E-state index contributed by atoms with van der Waals surface area (Å²) >= 11 is 0. The summed E-state index contributed by atoms with van der Waals surface area (Å²) in [5, 5.41) is 0. The van der Waals surface area contributed by atoms with Gasteiger partial charge in [-0.05, 0) is 31.0 Å². The Morgan fingerprint density at radius 1 is 1.11 bits per heavy atom. The lowest BCUT2D eigenvalue weighted by Gasteiger charge is -2.14. The Bertz CT molecular complexity index is 532. The third-order valence-electron chi connectivity index (χ3n) is 3.62. The summed E-state index contributed by atoms with van der Waals surface area (Å²) in [5.41, 5.74) is 8.02. The summed E-state index contributed by atoms with van der Waals surface area (Å²) in [6.07, 6.45) is 4.96. The summed E-state index contributed by atoms with van der Waals surface area (Å²) in [4.78, 5) is 9.16. The molecule has 3 rings (SSSR count). The number of benzene rings is 1. The monoisotopic (exact) mass is 239 g/mol. The van der Waals surface area contributed by atoms with Gasteiger partial charge in [0.15, 0.2) is 0 Å². The number of hydrogen-bond donors (Lipinski definition) is 1. The molecule has 0 aliphatic heterocycles. The summed E-state index contributed by atoms with van der Waals surface area (Å²) in [6.45, 7) is 0.634. The molecule has 0 spiro atoms. The van der Waals surface area contributed by atoms with E-state index >= 15 is 0 Å². The van der Waals surface area contributed by atoms with Gasteiger partial charge >= 0.3 is 0 Å². The molecule has 0 radical (unpaired) electrons. The Labute approximate surface area is 107 Å². The maximum Gasteiger partial charge on any atom is 0.139 e. The van der Waals surface area contributed by atoms with Gasteiger partial charge < -0.3 is 5.73 Å². The molecule has 2 aromatic rings. The van der Waals surface area contributed by atoms with Crippen LogP contribution in [0.1, 0.15) is 29.9 Å². The van der Waals surface area contributed by atoms with Crippen molar-refractivity contribution in [3.63, 3.8) is 0 Å². The van der Waals surface area contributed by atoms with E-state index in [1.165, 1.54) is 5.56 Å². The third-order valence-corrected chi connectivity index (χ3v) is 3.62. The minimum atomic E-state index is 0.0614. The molecule has 1 saturated carbocycles. The molecule has 1 heterocycles. The topological polar surface area (TPSA) is 51.8 Å². The van der Waals surface area contributed by atoms with Gasteiger partial charge in [-0.15, -0.1) is 0 Å². The molecule has 0 saturated heterocycles. The van der Waals surface area contributed by atoms with Crippen molar-refractivity contribution in [3.05, 3.63) is 59.7 Å². The number of rotatable bonds is 4. The van der Waals surface area contributed by atoms with E-state index in [1.54, 1.807) is 0 Å². The molecule has 0 bridgehead atoms. The molecule has 0 amide bonds. The Hall–Kier alpha value is -1.74. The van der Waals surface area contributed by atoms with Crippen LogP contribution in [-0.4, -0.2) is 16.5 Å². The first-order chi connectivity index (χ1) is 8.85. The highest BCUT2D eigenvalue weighted by Gasteiger charge is 2.48. The molecule has 1 aliphatic carbocycles. The minimum absolute atomic E-state index is 0.0614. The van der Waals surface area contributed by atoms with Crippen LogP contribution in [0.2, 0.25) is 0 Å². The van der Waals surface area contributed by atoms with Crippen molar-refractivity contribution in [3.8, 4) is 0 Å². The number of aromatic nitrogens is 2. The molecule has 0 atom stereocenters. The zero-order valence-electron chi connectivity index (χ0n) is 10.3. The van der Waals surface area contributed by atoms with E-state index in [0.29, 0.717) is 6.54 Å². The maximum atomic E-state index is 5.59. The van der Waals surface area contributed by atoms with Gasteiger partial charge in [-0.25, -0.2) is 9.97 Å². The van der Waals surface area contributed by atoms with E-state index < -0.39 is 0 Å². The largest absolute Gasteiger partial charge is 0.330 e. The van der Waals surface area contributed by atoms with Crippen molar-refractivity contribution in [1.82, 2.24) is 9.97 Å². The minimum Gasteiger partial charge on any atom is -0.330 e. The predicted molar refractivity (Wildman–Crippen MR) is 71.2 cm³/mol. The van der Waals surface area contributed by atoms with Crippen LogP contribution >= 0.6 is 0 Å². The van der Waals surface area contributed by atoms with Crippen molar-refractivity contribution in [2.75, 3.05) is 6.54 Å². The van der Waals surface area contributed by atoms with Gasteiger partial charge in [-0.3, -0.25) is 0 Å². The first kappa shape index (κ1) is 11.4. The number of nitrogens with zero attached hydrogens (tertiary/aromatic N) is 2. The van der Waals surface area contributed by atoms with Gasteiger partial charge in [0.05, 0.1) is 5.41 Å². The summed E-state index contributed by atoms with van der Waals surface area (Å²) in [6, 6.07) is 12.5. The van der Waals surface area contributed by atoms with Gasteiger partial charge in [0.25, 0.3) is 0 Å². The highest BCUT2D eigenvalue weighted by Crippen LogP contribution is 2.51. The molecule has 3 heteroatoms. The Morgan fingerprint density at radius 3 is 2.56 bits per heavy atom. The standard InChI is InChI=1S/C15H17N3/c16-10-6-13-7-11-17-14(18-13)15(8-9-15)12-4-2-1-3-5-12/h1-5,7,11H,6,8-10,16H2. The molecule has 1 aliphatic rings. The molecule has 3 nitrogen and oxygen atoms in total. The average molecular weight is 239 g/mol. The van der Waals surface area contributed by atoms with Gasteiger partial charge in [0, 0.05) is 18.3 Å². The van der Waals surface area contributed by atoms with Crippen molar-refractivity contribution in [1.29, 1.82) is 0 Å². The lowest BCUT2D eigenvalue weighted by Crippen LogP contribution is -2.15. The zero-order valence-corrected chi connectivity index (χ0v) is 10.3. The van der Waals surface area contributed by atoms with Crippen LogP contribution in [0.25, 0.3) is 0 Å². The fourth-order valence-corrected chi connectivity index (χ4v) is 2.44. The fourth-order valence-electron chi connectivity index (χ4n) is 2.44. The molecule has 18 heavy (non-hydrogen) atoms. The van der Waals surface area contributed by atoms with Gasteiger partial charge in [-0.2, -0.15) is 0 Å².